The normalized spacial score (nSPS) is 25.8. The molecule has 0 aromatic rings. The van der Waals surface area contributed by atoms with E-state index in [0.717, 1.165) is 12.8 Å². The van der Waals surface area contributed by atoms with Crippen LogP contribution in [0.25, 0.3) is 0 Å². The Kier molecular flexibility index (Phi) is 14.5. The zero-order valence-electron chi connectivity index (χ0n) is 16.8. The fourth-order valence-electron chi connectivity index (χ4n) is 3.50. The average Bonchev–Trinajstić information content (AvgIpc) is 2.92. The molecule has 0 spiro atoms. The molecular weight excluding hydrogens is 332 g/mol. The van der Waals surface area contributed by atoms with E-state index in [9.17, 15) is 10.2 Å². The molecule has 0 aromatic heterocycles. The number of unbranched alkanes of at least 4 members (excludes halogenated alkanes) is 13. The van der Waals surface area contributed by atoms with E-state index in [4.69, 9.17) is 14.6 Å². The van der Waals surface area contributed by atoms with Gasteiger partial charge in [0.1, 0.15) is 18.3 Å². The second-order valence-electron chi connectivity index (χ2n) is 7.67. The summed E-state index contributed by atoms with van der Waals surface area (Å²) in [7, 11) is 0. The fraction of sp³-hybridized carbons (Fsp3) is 1.00. The van der Waals surface area contributed by atoms with Gasteiger partial charge in [-0.25, -0.2) is 0 Å². The monoisotopic (exact) mass is 374 g/mol. The third kappa shape index (κ3) is 10.2. The average molecular weight is 375 g/mol. The van der Waals surface area contributed by atoms with Crippen LogP contribution in [0.1, 0.15) is 96.8 Å². The topological polar surface area (TPSA) is 79.2 Å². The van der Waals surface area contributed by atoms with Crippen molar-refractivity contribution in [3.05, 3.63) is 0 Å². The highest BCUT2D eigenvalue weighted by atomic mass is 16.7. The molecule has 0 bridgehead atoms. The third-order valence-electron chi connectivity index (χ3n) is 5.28. The van der Waals surface area contributed by atoms with Gasteiger partial charge in [0.15, 0.2) is 6.29 Å². The second-order valence-corrected chi connectivity index (χ2v) is 7.67. The lowest BCUT2D eigenvalue weighted by atomic mass is 10.0. The summed E-state index contributed by atoms with van der Waals surface area (Å²) in [6, 6.07) is 0. The van der Waals surface area contributed by atoms with Crippen LogP contribution in [0.2, 0.25) is 0 Å². The van der Waals surface area contributed by atoms with E-state index in [0.29, 0.717) is 6.61 Å². The minimum absolute atomic E-state index is 0.309. The summed E-state index contributed by atoms with van der Waals surface area (Å²) >= 11 is 0. The summed E-state index contributed by atoms with van der Waals surface area (Å²) in [5, 5.41) is 28.4. The summed E-state index contributed by atoms with van der Waals surface area (Å²) in [6.07, 6.45) is 14.7. The smallest absolute Gasteiger partial charge is 0.186 e. The van der Waals surface area contributed by atoms with Crippen LogP contribution in [-0.4, -0.2) is 53.1 Å². The van der Waals surface area contributed by atoms with E-state index in [1.807, 2.05) is 0 Å². The summed E-state index contributed by atoms with van der Waals surface area (Å²) in [4.78, 5) is 0. The molecule has 0 amide bonds. The first-order valence-corrected chi connectivity index (χ1v) is 10.9. The highest BCUT2D eigenvalue weighted by Gasteiger charge is 2.42. The predicted molar refractivity (Wildman–Crippen MR) is 104 cm³/mol. The summed E-state index contributed by atoms with van der Waals surface area (Å²) in [5.41, 5.74) is 0. The van der Waals surface area contributed by atoms with Crippen LogP contribution in [0, 0.1) is 0 Å². The van der Waals surface area contributed by atoms with Crippen LogP contribution in [0.15, 0.2) is 0 Å². The highest BCUT2D eigenvalue weighted by Crippen LogP contribution is 2.22. The van der Waals surface area contributed by atoms with E-state index in [1.165, 1.54) is 77.0 Å². The zero-order valence-corrected chi connectivity index (χ0v) is 16.8. The van der Waals surface area contributed by atoms with Crippen LogP contribution in [0.5, 0.6) is 0 Å². The Labute approximate surface area is 160 Å². The molecule has 1 heterocycles. The molecule has 26 heavy (non-hydrogen) atoms. The molecule has 0 saturated carbocycles. The van der Waals surface area contributed by atoms with Gasteiger partial charge >= 0.3 is 0 Å². The lowest BCUT2D eigenvalue weighted by Gasteiger charge is -2.15. The Bertz CT molecular complexity index is 313. The van der Waals surface area contributed by atoms with Crippen molar-refractivity contribution < 1.29 is 24.8 Å². The Morgan fingerprint density at radius 2 is 1.15 bits per heavy atom. The minimum atomic E-state index is -1.07. The molecule has 1 aliphatic rings. The molecular formula is C21H42O5. The van der Waals surface area contributed by atoms with Crippen molar-refractivity contribution in [2.45, 2.75) is 121 Å². The second kappa shape index (κ2) is 15.8. The molecule has 1 aliphatic heterocycles. The van der Waals surface area contributed by atoms with E-state index >= 15 is 0 Å². The number of aliphatic hydroxyl groups excluding tert-OH is 3. The number of rotatable bonds is 17. The quantitative estimate of drug-likeness (QED) is 0.336. The van der Waals surface area contributed by atoms with E-state index < -0.39 is 24.6 Å². The van der Waals surface area contributed by atoms with Crippen LogP contribution in [-0.2, 0) is 9.47 Å². The van der Waals surface area contributed by atoms with Gasteiger partial charge in [-0.1, -0.05) is 90.4 Å². The van der Waals surface area contributed by atoms with Crippen molar-refractivity contribution in [3.63, 3.8) is 0 Å². The van der Waals surface area contributed by atoms with Crippen LogP contribution >= 0.6 is 0 Å². The standard InChI is InChI=1S/C21H42O5/c1-2-3-4-5-6-7-8-9-10-11-12-13-14-15-16-25-21-20(24)19(23)18(17-22)26-21/h18-24H,2-17H2,1H3/t18-,19+,20-,21?/m1/s1. The van der Waals surface area contributed by atoms with Crippen LogP contribution in [0.4, 0.5) is 0 Å². The number of hydrogen-bond acceptors (Lipinski definition) is 5. The maximum absolute atomic E-state index is 9.76. The molecule has 5 nitrogen and oxygen atoms in total. The lowest BCUT2D eigenvalue weighted by Crippen LogP contribution is -2.34. The van der Waals surface area contributed by atoms with Gasteiger partial charge in [-0.3, -0.25) is 0 Å². The molecule has 0 aromatic carbocycles. The molecule has 0 aliphatic carbocycles. The van der Waals surface area contributed by atoms with Gasteiger partial charge in [0.2, 0.25) is 0 Å². The summed E-state index contributed by atoms with van der Waals surface area (Å²) < 4.78 is 10.8. The Morgan fingerprint density at radius 1 is 0.692 bits per heavy atom. The number of ether oxygens (including phenoxy) is 2. The van der Waals surface area contributed by atoms with Gasteiger partial charge < -0.3 is 24.8 Å². The summed E-state index contributed by atoms with van der Waals surface area (Å²) in [6.45, 7) is 2.47. The van der Waals surface area contributed by atoms with Crippen LogP contribution in [0.3, 0.4) is 0 Å². The first-order chi connectivity index (χ1) is 12.7. The molecule has 1 rings (SSSR count). The number of hydrogen-bond donors (Lipinski definition) is 3. The van der Waals surface area contributed by atoms with Crippen molar-refractivity contribution >= 4 is 0 Å². The maximum Gasteiger partial charge on any atom is 0.186 e. The molecule has 3 N–H and O–H groups in total. The van der Waals surface area contributed by atoms with Gasteiger partial charge in [-0.2, -0.15) is 0 Å². The van der Waals surface area contributed by atoms with E-state index in [-0.39, 0.29) is 6.61 Å². The van der Waals surface area contributed by atoms with Crippen molar-refractivity contribution in [1.29, 1.82) is 0 Å². The molecule has 1 fully saturated rings. The highest BCUT2D eigenvalue weighted by molar-refractivity contribution is 4.86. The Balaban J connectivity index is 1.80. The maximum atomic E-state index is 9.76. The first-order valence-electron chi connectivity index (χ1n) is 10.9. The fourth-order valence-corrected chi connectivity index (χ4v) is 3.50. The van der Waals surface area contributed by atoms with Crippen molar-refractivity contribution in [3.8, 4) is 0 Å². The minimum Gasteiger partial charge on any atom is -0.394 e. The van der Waals surface area contributed by atoms with Gasteiger partial charge in [-0.15, -0.1) is 0 Å². The summed E-state index contributed by atoms with van der Waals surface area (Å²) in [5.74, 6) is 0. The Morgan fingerprint density at radius 3 is 1.58 bits per heavy atom. The third-order valence-corrected chi connectivity index (χ3v) is 5.28. The molecule has 4 atom stereocenters. The van der Waals surface area contributed by atoms with Gasteiger partial charge in [-0.05, 0) is 6.42 Å². The Hall–Kier alpha value is -0.200. The molecule has 5 heteroatoms. The van der Waals surface area contributed by atoms with Gasteiger partial charge in [0, 0.05) is 6.61 Å². The van der Waals surface area contributed by atoms with E-state index in [2.05, 4.69) is 6.92 Å². The number of aliphatic hydroxyl groups is 3. The van der Waals surface area contributed by atoms with Crippen LogP contribution < -0.4 is 0 Å². The predicted octanol–water partition coefficient (Wildman–Crippen LogP) is 3.92. The molecule has 1 saturated heterocycles. The first kappa shape index (κ1) is 23.8. The van der Waals surface area contributed by atoms with E-state index in [1.54, 1.807) is 0 Å². The largest absolute Gasteiger partial charge is 0.394 e. The SMILES string of the molecule is CCCCCCCCCCCCCCCCOC1O[C@H](CO)[C@H](O)[C@H]1O. The molecule has 156 valence electrons. The molecule has 1 unspecified atom stereocenters. The molecule has 0 radical (unpaired) electrons. The van der Waals surface area contributed by atoms with Gasteiger partial charge in [0.05, 0.1) is 6.61 Å². The lowest BCUT2D eigenvalue weighted by molar-refractivity contribution is -0.169. The van der Waals surface area contributed by atoms with Crippen molar-refractivity contribution in [1.82, 2.24) is 0 Å². The van der Waals surface area contributed by atoms with Crippen molar-refractivity contribution in [2.24, 2.45) is 0 Å². The van der Waals surface area contributed by atoms with Crippen molar-refractivity contribution in [2.75, 3.05) is 13.2 Å². The zero-order chi connectivity index (χ0) is 19.0. The van der Waals surface area contributed by atoms with Gasteiger partial charge in [0.25, 0.3) is 0 Å².